The van der Waals surface area contributed by atoms with Gasteiger partial charge in [0.15, 0.2) is 0 Å². The predicted molar refractivity (Wildman–Crippen MR) is 56.5 cm³/mol. The van der Waals surface area contributed by atoms with E-state index in [0.29, 0.717) is 0 Å². The van der Waals surface area contributed by atoms with Gasteiger partial charge < -0.3 is 14.4 Å². The summed E-state index contributed by atoms with van der Waals surface area (Å²) >= 11 is 0. The number of hydrogen-bond donors (Lipinski definition) is 1. The van der Waals surface area contributed by atoms with Crippen molar-refractivity contribution >= 4 is 0 Å². The van der Waals surface area contributed by atoms with Gasteiger partial charge in [-0.05, 0) is 19.3 Å². The van der Waals surface area contributed by atoms with E-state index in [1.807, 2.05) is 10.8 Å². The molecule has 0 amide bonds. The Labute approximate surface area is 89.9 Å². The third kappa shape index (κ3) is 2.21. The van der Waals surface area contributed by atoms with Gasteiger partial charge in [0.1, 0.15) is 11.9 Å². The molecule has 1 aliphatic heterocycles. The molecule has 84 valence electrons. The van der Waals surface area contributed by atoms with Gasteiger partial charge >= 0.3 is 0 Å². The van der Waals surface area contributed by atoms with Crippen LogP contribution in [0, 0.1) is 0 Å². The molecule has 4 nitrogen and oxygen atoms in total. The van der Waals surface area contributed by atoms with Gasteiger partial charge in [-0.2, -0.15) is 0 Å². The van der Waals surface area contributed by atoms with Crippen LogP contribution in [-0.2, 0) is 11.3 Å². The van der Waals surface area contributed by atoms with Gasteiger partial charge in [0, 0.05) is 25.5 Å². The van der Waals surface area contributed by atoms with Crippen molar-refractivity contribution < 1.29 is 9.84 Å². The Balaban J connectivity index is 2.09. The van der Waals surface area contributed by atoms with Crippen molar-refractivity contribution in [3.8, 4) is 0 Å². The molecule has 0 aromatic carbocycles. The van der Waals surface area contributed by atoms with Crippen LogP contribution in [0.4, 0.5) is 0 Å². The quantitative estimate of drug-likeness (QED) is 0.819. The van der Waals surface area contributed by atoms with E-state index < -0.39 is 6.10 Å². The first-order valence-electron chi connectivity index (χ1n) is 5.63. The maximum Gasteiger partial charge on any atom is 0.140 e. The fraction of sp³-hybridized carbons (Fsp3) is 0.727. The molecule has 2 unspecified atom stereocenters. The molecule has 15 heavy (non-hydrogen) atoms. The zero-order valence-electron chi connectivity index (χ0n) is 9.09. The van der Waals surface area contributed by atoms with Gasteiger partial charge in [-0.1, -0.05) is 6.92 Å². The lowest BCUT2D eigenvalue weighted by molar-refractivity contribution is -0.00870. The molecule has 1 saturated heterocycles. The summed E-state index contributed by atoms with van der Waals surface area (Å²) in [5.41, 5.74) is 0. The molecule has 1 N–H and O–H groups in total. The molecule has 1 aromatic rings. The molecule has 0 spiro atoms. The zero-order valence-corrected chi connectivity index (χ0v) is 9.09. The summed E-state index contributed by atoms with van der Waals surface area (Å²) in [6, 6.07) is 0. The van der Waals surface area contributed by atoms with Crippen molar-refractivity contribution in [1.29, 1.82) is 0 Å². The van der Waals surface area contributed by atoms with Crippen LogP contribution < -0.4 is 0 Å². The van der Waals surface area contributed by atoms with E-state index in [4.69, 9.17) is 4.74 Å². The molecular weight excluding hydrogens is 192 g/mol. The molecule has 2 heterocycles. The van der Waals surface area contributed by atoms with Crippen molar-refractivity contribution in [1.82, 2.24) is 9.55 Å². The Hall–Kier alpha value is -0.870. The Morgan fingerprint density at radius 3 is 3.27 bits per heavy atom. The first-order valence-corrected chi connectivity index (χ1v) is 5.63. The largest absolute Gasteiger partial charge is 0.382 e. The van der Waals surface area contributed by atoms with Gasteiger partial charge in [0.25, 0.3) is 0 Å². The number of aryl methyl sites for hydroxylation is 1. The highest BCUT2D eigenvalue weighted by atomic mass is 16.5. The van der Waals surface area contributed by atoms with E-state index >= 15 is 0 Å². The Morgan fingerprint density at radius 2 is 2.60 bits per heavy atom. The van der Waals surface area contributed by atoms with Crippen molar-refractivity contribution in [2.45, 2.75) is 44.9 Å². The fourth-order valence-corrected chi connectivity index (χ4v) is 2.03. The molecule has 1 aliphatic rings. The third-order valence-electron chi connectivity index (χ3n) is 2.79. The van der Waals surface area contributed by atoms with Crippen LogP contribution in [0.25, 0.3) is 0 Å². The number of hydrogen-bond acceptors (Lipinski definition) is 3. The lowest BCUT2D eigenvalue weighted by Gasteiger charge is -2.18. The summed E-state index contributed by atoms with van der Waals surface area (Å²) in [6.07, 6.45) is 6.02. The predicted octanol–water partition coefficient (Wildman–Crippen LogP) is 1.51. The van der Waals surface area contributed by atoms with Crippen LogP contribution in [0.2, 0.25) is 0 Å². The van der Waals surface area contributed by atoms with E-state index in [-0.39, 0.29) is 6.10 Å². The maximum atomic E-state index is 10.1. The second-order valence-electron chi connectivity index (χ2n) is 3.98. The number of rotatable bonds is 4. The highest BCUT2D eigenvalue weighted by molar-refractivity contribution is 4.99. The molecule has 2 atom stereocenters. The van der Waals surface area contributed by atoms with Crippen LogP contribution in [0.5, 0.6) is 0 Å². The minimum absolute atomic E-state index is 0.0667. The van der Waals surface area contributed by atoms with Gasteiger partial charge in [0.05, 0.1) is 6.10 Å². The fourth-order valence-electron chi connectivity index (χ4n) is 2.03. The minimum atomic E-state index is -0.575. The molecule has 0 bridgehead atoms. The molecule has 1 fully saturated rings. The summed E-state index contributed by atoms with van der Waals surface area (Å²) < 4.78 is 7.47. The highest BCUT2D eigenvalue weighted by Crippen LogP contribution is 2.25. The third-order valence-corrected chi connectivity index (χ3v) is 2.79. The second kappa shape index (κ2) is 4.77. The van der Waals surface area contributed by atoms with Crippen LogP contribution in [0.3, 0.4) is 0 Å². The monoisotopic (exact) mass is 210 g/mol. The average Bonchev–Trinajstić information content (AvgIpc) is 2.87. The highest BCUT2D eigenvalue weighted by Gasteiger charge is 2.28. The number of ether oxygens (including phenoxy) is 1. The van der Waals surface area contributed by atoms with Gasteiger partial charge in [0.2, 0.25) is 0 Å². The average molecular weight is 210 g/mol. The number of aliphatic hydroxyl groups excluding tert-OH is 1. The number of aromatic nitrogens is 2. The van der Waals surface area contributed by atoms with Crippen molar-refractivity contribution in [3.05, 3.63) is 18.2 Å². The van der Waals surface area contributed by atoms with E-state index in [0.717, 1.165) is 38.2 Å². The van der Waals surface area contributed by atoms with Gasteiger partial charge in [-0.15, -0.1) is 0 Å². The van der Waals surface area contributed by atoms with Crippen LogP contribution in [-0.4, -0.2) is 27.4 Å². The van der Waals surface area contributed by atoms with E-state index in [9.17, 15) is 5.11 Å². The first-order chi connectivity index (χ1) is 7.33. The minimum Gasteiger partial charge on any atom is -0.382 e. The molecule has 0 saturated carbocycles. The standard InChI is InChI=1S/C11H18N2O2/c1-2-6-13-7-5-12-11(13)10(14)9-4-3-8-15-9/h5,7,9-10,14H,2-4,6,8H2,1H3. The van der Waals surface area contributed by atoms with Crippen molar-refractivity contribution in [3.63, 3.8) is 0 Å². The first kappa shape index (κ1) is 10.6. The van der Waals surface area contributed by atoms with E-state index in [1.165, 1.54) is 0 Å². The summed E-state index contributed by atoms with van der Waals surface area (Å²) in [5, 5.41) is 10.1. The van der Waals surface area contributed by atoms with Crippen LogP contribution in [0.15, 0.2) is 12.4 Å². The van der Waals surface area contributed by atoms with Crippen LogP contribution >= 0.6 is 0 Å². The lowest BCUT2D eigenvalue weighted by Crippen LogP contribution is -2.21. The summed E-state index contributed by atoms with van der Waals surface area (Å²) in [5.74, 6) is 0.740. The molecule has 1 aromatic heterocycles. The van der Waals surface area contributed by atoms with Gasteiger partial charge in [-0.25, -0.2) is 4.98 Å². The second-order valence-corrected chi connectivity index (χ2v) is 3.98. The van der Waals surface area contributed by atoms with Crippen molar-refractivity contribution in [2.75, 3.05) is 6.61 Å². The van der Waals surface area contributed by atoms with Gasteiger partial charge in [-0.3, -0.25) is 0 Å². The molecule has 0 aliphatic carbocycles. The maximum absolute atomic E-state index is 10.1. The number of imidazole rings is 1. The Morgan fingerprint density at radius 1 is 1.73 bits per heavy atom. The topological polar surface area (TPSA) is 47.3 Å². The van der Waals surface area contributed by atoms with Crippen LogP contribution in [0.1, 0.15) is 38.1 Å². The molecule has 2 rings (SSSR count). The normalized spacial score (nSPS) is 23.2. The zero-order chi connectivity index (χ0) is 10.7. The Kier molecular flexibility index (Phi) is 3.38. The number of aliphatic hydroxyl groups is 1. The van der Waals surface area contributed by atoms with E-state index in [1.54, 1.807) is 6.20 Å². The number of nitrogens with zero attached hydrogens (tertiary/aromatic N) is 2. The summed E-state index contributed by atoms with van der Waals surface area (Å²) in [4.78, 5) is 4.21. The summed E-state index contributed by atoms with van der Waals surface area (Å²) in [6.45, 7) is 3.78. The Bertz CT molecular complexity index is 305. The molecular formula is C11H18N2O2. The molecule has 0 radical (unpaired) electrons. The lowest BCUT2D eigenvalue weighted by atomic mass is 10.1. The molecule has 4 heteroatoms. The van der Waals surface area contributed by atoms with E-state index in [2.05, 4.69) is 11.9 Å². The SMILES string of the molecule is CCCn1ccnc1C(O)C1CCCO1. The smallest absolute Gasteiger partial charge is 0.140 e. The van der Waals surface area contributed by atoms with Crippen molar-refractivity contribution in [2.24, 2.45) is 0 Å². The summed E-state index contributed by atoms with van der Waals surface area (Å²) in [7, 11) is 0.